The first kappa shape index (κ1) is 8.30. The number of rotatable bonds is 2. The van der Waals surface area contributed by atoms with Crippen LogP contribution >= 0.6 is 0 Å². The molecule has 1 aliphatic rings. The smallest absolute Gasteiger partial charge is 0.220 e. The Bertz CT molecular complexity index is 307. The zero-order valence-corrected chi connectivity index (χ0v) is 7.36. The summed E-state index contributed by atoms with van der Waals surface area (Å²) in [6.07, 6.45) is 1.05. The Morgan fingerprint density at radius 2 is 2.08 bits per heavy atom. The van der Waals surface area contributed by atoms with Crippen LogP contribution in [0.4, 0.5) is 0 Å². The molecule has 0 unspecified atom stereocenters. The maximum absolute atomic E-state index is 10.6. The number of hydrogen-bond donors (Lipinski definition) is 1. The van der Waals surface area contributed by atoms with E-state index < -0.39 is 0 Å². The molecule has 1 aromatic carbocycles. The SMILES string of the molecule is [CH2]C(=O)N[C@@H]1C[C@H]1c1ccccc1. The van der Waals surface area contributed by atoms with Gasteiger partial charge in [-0.15, -0.1) is 0 Å². The van der Waals surface area contributed by atoms with E-state index in [4.69, 9.17) is 0 Å². The zero-order chi connectivity index (χ0) is 9.26. The van der Waals surface area contributed by atoms with Crippen molar-refractivity contribution in [3.05, 3.63) is 42.8 Å². The van der Waals surface area contributed by atoms with E-state index in [0.717, 1.165) is 6.42 Å². The molecule has 13 heavy (non-hydrogen) atoms. The molecule has 2 atom stereocenters. The summed E-state index contributed by atoms with van der Waals surface area (Å²) in [6, 6.07) is 10.6. The lowest BCUT2D eigenvalue weighted by Crippen LogP contribution is -2.23. The summed E-state index contributed by atoms with van der Waals surface area (Å²) in [5.74, 6) is 0.329. The normalized spacial score (nSPS) is 25.3. The Balaban J connectivity index is 1.97. The molecular weight excluding hydrogens is 162 g/mol. The second-order valence-electron chi connectivity index (χ2n) is 3.43. The van der Waals surface area contributed by atoms with Crippen molar-refractivity contribution in [1.82, 2.24) is 5.32 Å². The maximum Gasteiger partial charge on any atom is 0.220 e. The molecule has 1 saturated carbocycles. The Morgan fingerprint density at radius 1 is 1.38 bits per heavy atom. The van der Waals surface area contributed by atoms with E-state index in [1.807, 2.05) is 18.2 Å². The lowest BCUT2D eigenvalue weighted by molar-refractivity contribution is -0.116. The monoisotopic (exact) mass is 174 g/mol. The molecule has 2 nitrogen and oxygen atoms in total. The second kappa shape index (κ2) is 3.21. The van der Waals surface area contributed by atoms with E-state index in [2.05, 4.69) is 24.4 Å². The highest BCUT2D eigenvalue weighted by molar-refractivity contribution is 5.80. The number of benzene rings is 1. The Kier molecular flexibility index (Phi) is 2.05. The minimum Gasteiger partial charge on any atom is -0.353 e. The first-order valence-electron chi connectivity index (χ1n) is 4.45. The van der Waals surface area contributed by atoms with Gasteiger partial charge in [0.25, 0.3) is 0 Å². The highest BCUT2D eigenvalue weighted by Crippen LogP contribution is 2.40. The van der Waals surface area contributed by atoms with Gasteiger partial charge >= 0.3 is 0 Å². The Labute approximate surface area is 78.0 Å². The third-order valence-electron chi connectivity index (χ3n) is 2.36. The molecule has 0 heterocycles. The summed E-state index contributed by atoms with van der Waals surface area (Å²) < 4.78 is 0. The molecule has 0 spiro atoms. The summed E-state index contributed by atoms with van der Waals surface area (Å²) in [7, 11) is 0. The van der Waals surface area contributed by atoms with E-state index in [9.17, 15) is 4.79 Å². The van der Waals surface area contributed by atoms with Crippen molar-refractivity contribution in [3.8, 4) is 0 Å². The van der Waals surface area contributed by atoms with E-state index in [-0.39, 0.29) is 5.91 Å². The van der Waals surface area contributed by atoms with E-state index in [1.54, 1.807) is 0 Å². The van der Waals surface area contributed by atoms with Crippen LogP contribution in [-0.2, 0) is 4.79 Å². The van der Waals surface area contributed by atoms with Crippen molar-refractivity contribution in [1.29, 1.82) is 0 Å². The Hall–Kier alpha value is -1.31. The minimum absolute atomic E-state index is 0.177. The third-order valence-corrected chi connectivity index (χ3v) is 2.36. The minimum atomic E-state index is -0.177. The highest BCUT2D eigenvalue weighted by atomic mass is 16.1. The summed E-state index contributed by atoms with van der Waals surface area (Å²) in [5, 5.41) is 2.82. The Morgan fingerprint density at radius 3 is 2.69 bits per heavy atom. The molecule has 1 radical (unpaired) electrons. The van der Waals surface area contributed by atoms with Crippen molar-refractivity contribution in [3.63, 3.8) is 0 Å². The first-order chi connectivity index (χ1) is 6.27. The van der Waals surface area contributed by atoms with Crippen molar-refractivity contribution in [2.45, 2.75) is 18.4 Å². The number of hydrogen-bond acceptors (Lipinski definition) is 1. The molecular formula is C11H12NO. The van der Waals surface area contributed by atoms with Crippen LogP contribution in [0.3, 0.4) is 0 Å². The van der Waals surface area contributed by atoms with Gasteiger partial charge in [-0.25, -0.2) is 0 Å². The van der Waals surface area contributed by atoms with Gasteiger partial charge in [0.2, 0.25) is 5.91 Å². The molecule has 1 fully saturated rings. The van der Waals surface area contributed by atoms with Gasteiger partial charge in [0.15, 0.2) is 0 Å². The molecule has 1 amide bonds. The van der Waals surface area contributed by atoms with Gasteiger partial charge in [0, 0.05) is 18.9 Å². The van der Waals surface area contributed by atoms with Crippen molar-refractivity contribution in [2.75, 3.05) is 0 Å². The van der Waals surface area contributed by atoms with Crippen LogP contribution in [0, 0.1) is 6.92 Å². The highest BCUT2D eigenvalue weighted by Gasteiger charge is 2.38. The predicted octanol–water partition coefficient (Wildman–Crippen LogP) is 1.49. The molecule has 0 saturated heterocycles. The van der Waals surface area contributed by atoms with Crippen molar-refractivity contribution in [2.24, 2.45) is 0 Å². The number of carbonyl (C=O) groups is 1. The van der Waals surface area contributed by atoms with E-state index in [1.165, 1.54) is 5.56 Å². The second-order valence-corrected chi connectivity index (χ2v) is 3.43. The molecule has 2 heteroatoms. The molecule has 1 N–H and O–H groups in total. The van der Waals surface area contributed by atoms with Crippen LogP contribution in [0.2, 0.25) is 0 Å². The fourth-order valence-electron chi connectivity index (χ4n) is 1.63. The molecule has 67 valence electrons. The predicted molar refractivity (Wildman–Crippen MR) is 51.1 cm³/mol. The van der Waals surface area contributed by atoms with E-state index >= 15 is 0 Å². The van der Waals surface area contributed by atoms with Crippen LogP contribution in [0.15, 0.2) is 30.3 Å². The molecule has 0 bridgehead atoms. The van der Waals surface area contributed by atoms with Gasteiger partial charge in [-0.05, 0) is 12.0 Å². The third kappa shape index (κ3) is 1.89. The summed E-state index contributed by atoms with van der Waals surface area (Å²) in [4.78, 5) is 10.6. The average Bonchev–Trinajstić information content (AvgIpc) is 2.84. The first-order valence-corrected chi connectivity index (χ1v) is 4.45. The molecule has 0 aliphatic heterocycles. The largest absolute Gasteiger partial charge is 0.353 e. The number of amides is 1. The van der Waals surface area contributed by atoms with Crippen LogP contribution in [0.25, 0.3) is 0 Å². The molecule has 1 aromatic rings. The fourth-order valence-corrected chi connectivity index (χ4v) is 1.63. The van der Waals surface area contributed by atoms with Crippen LogP contribution in [0.5, 0.6) is 0 Å². The number of nitrogens with one attached hydrogen (secondary N) is 1. The van der Waals surface area contributed by atoms with Gasteiger partial charge in [-0.2, -0.15) is 0 Å². The lowest BCUT2D eigenvalue weighted by atomic mass is 10.1. The van der Waals surface area contributed by atoms with Crippen molar-refractivity contribution >= 4 is 5.91 Å². The topological polar surface area (TPSA) is 29.1 Å². The lowest BCUT2D eigenvalue weighted by Gasteiger charge is -2.00. The van der Waals surface area contributed by atoms with Crippen molar-refractivity contribution < 1.29 is 4.79 Å². The quantitative estimate of drug-likeness (QED) is 0.723. The van der Waals surface area contributed by atoms with Crippen LogP contribution in [0.1, 0.15) is 17.9 Å². The fraction of sp³-hybridized carbons (Fsp3) is 0.273. The van der Waals surface area contributed by atoms with Gasteiger partial charge in [0.1, 0.15) is 0 Å². The van der Waals surface area contributed by atoms with E-state index in [0.29, 0.717) is 12.0 Å². The summed E-state index contributed by atoms with van der Waals surface area (Å²) >= 11 is 0. The molecule has 0 aromatic heterocycles. The van der Waals surface area contributed by atoms with Gasteiger partial charge in [-0.1, -0.05) is 30.3 Å². The zero-order valence-electron chi connectivity index (χ0n) is 7.36. The number of carbonyl (C=O) groups excluding carboxylic acids is 1. The van der Waals surface area contributed by atoms with Crippen LogP contribution < -0.4 is 5.32 Å². The molecule has 1 aliphatic carbocycles. The van der Waals surface area contributed by atoms with Gasteiger partial charge in [-0.3, -0.25) is 4.79 Å². The summed E-state index contributed by atoms with van der Waals surface area (Å²) in [6.45, 7) is 3.30. The van der Waals surface area contributed by atoms with Gasteiger partial charge in [0.05, 0.1) is 0 Å². The maximum atomic E-state index is 10.6. The average molecular weight is 174 g/mol. The van der Waals surface area contributed by atoms with Gasteiger partial charge < -0.3 is 5.32 Å². The van der Waals surface area contributed by atoms with Crippen LogP contribution in [-0.4, -0.2) is 11.9 Å². The molecule has 2 rings (SSSR count). The standard InChI is InChI=1S/C11H12NO/c1-8(13)12-11-7-10(11)9-5-3-2-4-6-9/h2-6,10-11H,1,7H2,(H,12,13)/t10-,11+/m0/s1. The summed E-state index contributed by atoms with van der Waals surface area (Å²) in [5.41, 5.74) is 1.31.